The Bertz CT molecular complexity index is 883. The van der Waals surface area contributed by atoms with Gasteiger partial charge in [-0.15, -0.1) is 0 Å². The molecule has 2 aromatic carbocycles. The molecule has 0 atom stereocenters. The summed E-state index contributed by atoms with van der Waals surface area (Å²) in [7, 11) is 3.33. The van der Waals surface area contributed by atoms with Crippen LogP contribution in [0.3, 0.4) is 0 Å². The van der Waals surface area contributed by atoms with E-state index in [2.05, 4.69) is 36.2 Å². The summed E-state index contributed by atoms with van der Waals surface area (Å²) in [5, 5.41) is 1.31. The van der Waals surface area contributed by atoms with Crippen molar-refractivity contribution in [1.82, 2.24) is 4.98 Å². The number of ether oxygens (including phenoxy) is 2. The van der Waals surface area contributed by atoms with Gasteiger partial charge >= 0.3 is 0 Å². The minimum Gasteiger partial charge on any atom is -0.493 e. The Hall–Kier alpha value is -2.46. The summed E-state index contributed by atoms with van der Waals surface area (Å²) in [4.78, 5) is 3.69. The van der Waals surface area contributed by atoms with Gasteiger partial charge < -0.3 is 20.2 Å². The number of aromatic nitrogens is 1. The average molecular weight is 352 g/mol. The molecule has 26 heavy (non-hydrogen) atoms. The van der Waals surface area contributed by atoms with Crippen molar-refractivity contribution < 1.29 is 9.47 Å². The molecule has 4 nitrogen and oxygen atoms in total. The number of hydrogen-bond acceptors (Lipinski definition) is 3. The highest BCUT2D eigenvalue weighted by molar-refractivity contribution is 5.93. The molecule has 4 heteroatoms. The van der Waals surface area contributed by atoms with Crippen LogP contribution in [0.5, 0.6) is 11.5 Å². The number of fused-ring (bicyclic) bond motifs is 1. The lowest BCUT2D eigenvalue weighted by molar-refractivity contribution is 0.355. The molecule has 0 spiro atoms. The predicted molar refractivity (Wildman–Crippen MR) is 108 cm³/mol. The van der Waals surface area contributed by atoms with Gasteiger partial charge in [-0.1, -0.05) is 25.1 Å². The van der Waals surface area contributed by atoms with Crippen LogP contribution in [0.1, 0.15) is 30.9 Å². The maximum atomic E-state index is 5.71. The van der Waals surface area contributed by atoms with Crippen molar-refractivity contribution in [1.29, 1.82) is 0 Å². The number of H-pyrrole nitrogens is 1. The maximum absolute atomic E-state index is 5.71. The van der Waals surface area contributed by atoms with Crippen molar-refractivity contribution in [3.63, 3.8) is 0 Å². The van der Waals surface area contributed by atoms with Gasteiger partial charge in [0, 0.05) is 22.2 Å². The molecule has 0 aliphatic carbocycles. The van der Waals surface area contributed by atoms with Crippen LogP contribution >= 0.6 is 0 Å². The van der Waals surface area contributed by atoms with Crippen molar-refractivity contribution in [2.75, 3.05) is 20.8 Å². The van der Waals surface area contributed by atoms with Crippen LogP contribution in [0.25, 0.3) is 22.2 Å². The largest absolute Gasteiger partial charge is 0.493 e. The zero-order chi connectivity index (χ0) is 18.5. The highest BCUT2D eigenvalue weighted by Gasteiger charge is 2.16. The van der Waals surface area contributed by atoms with Gasteiger partial charge in [0.25, 0.3) is 0 Å². The van der Waals surface area contributed by atoms with E-state index in [1.165, 1.54) is 27.7 Å². The van der Waals surface area contributed by atoms with Gasteiger partial charge in [-0.05, 0) is 61.6 Å². The molecule has 0 aliphatic rings. The molecule has 3 rings (SSSR count). The van der Waals surface area contributed by atoms with Crippen LogP contribution in [0.2, 0.25) is 0 Å². The lowest BCUT2D eigenvalue weighted by atomic mass is 9.99. The molecule has 1 aromatic heterocycles. The number of benzene rings is 2. The molecule has 0 saturated carbocycles. The third kappa shape index (κ3) is 3.42. The van der Waals surface area contributed by atoms with Gasteiger partial charge in [0.2, 0.25) is 0 Å². The van der Waals surface area contributed by atoms with E-state index in [0.717, 1.165) is 49.3 Å². The molecule has 0 unspecified atom stereocenters. The van der Waals surface area contributed by atoms with E-state index >= 15 is 0 Å². The van der Waals surface area contributed by atoms with E-state index < -0.39 is 0 Å². The first-order valence-corrected chi connectivity index (χ1v) is 9.28. The van der Waals surface area contributed by atoms with E-state index in [-0.39, 0.29) is 0 Å². The summed E-state index contributed by atoms with van der Waals surface area (Å²) >= 11 is 0. The molecular formula is C22H28N2O2. The molecule has 0 radical (unpaired) electrons. The summed E-state index contributed by atoms with van der Waals surface area (Å²) in [6.45, 7) is 2.92. The number of hydrogen-bond donors (Lipinski definition) is 2. The first-order valence-electron chi connectivity index (χ1n) is 9.28. The molecule has 0 fully saturated rings. The van der Waals surface area contributed by atoms with E-state index in [4.69, 9.17) is 15.2 Å². The van der Waals surface area contributed by atoms with Crippen molar-refractivity contribution in [2.45, 2.75) is 32.6 Å². The fraction of sp³-hybridized carbons (Fsp3) is 0.364. The third-order valence-corrected chi connectivity index (χ3v) is 4.96. The minimum absolute atomic E-state index is 0.730. The zero-order valence-corrected chi connectivity index (χ0v) is 15.9. The van der Waals surface area contributed by atoms with Crippen LogP contribution in [0, 0.1) is 0 Å². The highest BCUT2D eigenvalue weighted by Crippen LogP contribution is 2.37. The van der Waals surface area contributed by atoms with Gasteiger partial charge in [0.05, 0.1) is 14.2 Å². The predicted octanol–water partition coefficient (Wildman–Crippen LogP) is 4.70. The SMILES string of the molecule is CCc1cccc2c(CCCCN)c(-c3ccc(OC)c(OC)c3)[nH]c12. The van der Waals surface area contributed by atoms with Crippen molar-refractivity contribution in [3.8, 4) is 22.8 Å². The Kier molecular flexibility index (Phi) is 5.84. The standard InChI is InChI=1S/C22H28N2O2/c1-4-15-8-7-10-18-17(9-5-6-13-23)22(24-21(15)18)16-11-12-19(25-2)20(14-16)26-3/h7-8,10-12,14,24H,4-6,9,13,23H2,1-3H3. The Morgan fingerprint density at radius 3 is 2.50 bits per heavy atom. The average Bonchev–Trinajstić information content (AvgIpc) is 3.06. The van der Waals surface area contributed by atoms with Crippen LogP contribution < -0.4 is 15.2 Å². The highest BCUT2D eigenvalue weighted by atomic mass is 16.5. The lowest BCUT2D eigenvalue weighted by Crippen LogP contribution is -1.99. The Labute approximate surface area is 155 Å². The van der Waals surface area contributed by atoms with Crippen molar-refractivity contribution >= 4 is 10.9 Å². The smallest absolute Gasteiger partial charge is 0.161 e. The number of methoxy groups -OCH3 is 2. The normalized spacial score (nSPS) is 11.1. The minimum atomic E-state index is 0.730. The van der Waals surface area contributed by atoms with Crippen molar-refractivity contribution in [2.24, 2.45) is 5.73 Å². The molecule has 138 valence electrons. The summed E-state index contributed by atoms with van der Waals surface area (Å²) < 4.78 is 10.9. The van der Waals surface area contributed by atoms with Crippen LogP contribution in [0.15, 0.2) is 36.4 Å². The van der Waals surface area contributed by atoms with Crippen LogP contribution in [0.4, 0.5) is 0 Å². The first kappa shape index (κ1) is 18.3. The first-order chi connectivity index (χ1) is 12.7. The Morgan fingerprint density at radius 1 is 1.00 bits per heavy atom. The number of aryl methyl sites for hydroxylation is 2. The maximum Gasteiger partial charge on any atom is 0.161 e. The number of para-hydroxylation sites is 1. The van der Waals surface area contributed by atoms with Crippen LogP contribution in [-0.2, 0) is 12.8 Å². The number of nitrogens with one attached hydrogen (secondary N) is 1. The van der Waals surface area contributed by atoms with E-state index in [9.17, 15) is 0 Å². The molecule has 0 bridgehead atoms. The summed E-state index contributed by atoms with van der Waals surface area (Å²) in [5.41, 5.74) is 11.9. The van der Waals surface area contributed by atoms with E-state index in [1.807, 2.05) is 12.1 Å². The molecular weight excluding hydrogens is 324 g/mol. The monoisotopic (exact) mass is 352 g/mol. The topological polar surface area (TPSA) is 60.3 Å². The molecule has 1 heterocycles. The molecule has 3 N–H and O–H groups in total. The van der Waals surface area contributed by atoms with Gasteiger partial charge in [0.1, 0.15) is 0 Å². The number of nitrogens with two attached hydrogens (primary N) is 1. The Morgan fingerprint density at radius 2 is 1.81 bits per heavy atom. The fourth-order valence-electron chi connectivity index (χ4n) is 3.57. The second kappa shape index (κ2) is 8.28. The summed E-state index contributed by atoms with van der Waals surface area (Å²) in [5.74, 6) is 1.48. The van der Waals surface area contributed by atoms with Gasteiger partial charge in [0.15, 0.2) is 11.5 Å². The summed E-state index contributed by atoms with van der Waals surface area (Å²) in [6, 6.07) is 12.7. The number of aromatic amines is 1. The molecule has 0 aliphatic heterocycles. The second-order valence-electron chi connectivity index (χ2n) is 6.49. The van der Waals surface area contributed by atoms with Gasteiger partial charge in [-0.2, -0.15) is 0 Å². The van der Waals surface area contributed by atoms with E-state index in [0.29, 0.717) is 0 Å². The van der Waals surface area contributed by atoms with Gasteiger partial charge in [-0.25, -0.2) is 0 Å². The molecule has 0 amide bonds. The van der Waals surface area contributed by atoms with Crippen LogP contribution in [-0.4, -0.2) is 25.7 Å². The number of rotatable bonds is 8. The lowest BCUT2D eigenvalue weighted by Gasteiger charge is -2.10. The zero-order valence-electron chi connectivity index (χ0n) is 15.9. The fourth-order valence-corrected chi connectivity index (χ4v) is 3.57. The van der Waals surface area contributed by atoms with Gasteiger partial charge in [-0.3, -0.25) is 0 Å². The summed E-state index contributed by atoms with van der Waals surface area (Å²) in [6.07, 6.45) is 4.13. The van der Waals surface area contributed by atoms with E-state index in [1.54, 1.807) is 14.2 Å². The molecule has 3 aromatic rings. The second-order valence-corrected chi connectivity index (χ2v) is 6.49. The number of unbranched alkanes of at least 4 members (excludes halogenated alkanes) is 1. The molecule has 0 saturated heterocycles. The quantitative estimate of drug-likeness (QED) is 0.578. The van der Waals surface area contributed by atoms with Crippen molar-refractivity contribution in [3.05, 3.63) is 47.5 Å². The Balaban J connectivity index is 2.16. The third-order valence-electron chi connectivity index (χ3n) is 4.96.